The summed E-state index contributed by atoms with van der Waals surface area (Å²) in [5.41, 5.74) is 0. The first-order valence-electron chi connectivity index (χ1n) is 6.97. The smallest absolute Gasteiger partial charge is 0.323 e. The minimum Gasteiger partial charge on any atom is -0.480 e. The molecule has 0 atom stereocenters. The van der Waals surface area contributed by atoms with Crippen LogP contribution in [0.5, 0.6) is 0 Å². The summed E-state index contributed by atoms with van der Waals surface area (Å²) in [6, 6.07) is -0.223. The minimum absolute atomic E-state index is 0.105. The molecule has 1 aliphatic carbocycles. The molecule has 20 heavy (non-hydrogen) atoms. The number of nitrogens with zero attached hydrogens (tertiary/aromatic N) is 2. The van der Waals surface area contributed by atoms with E-state index in [1.165, 1.54) is 12.0 Å². The number of rotatable bonds is 8. The number of amides is 2. The van der Waals surface area contributed by atoms with E-state index in [0.717, 1.165) is 25.7 Å². The van der Waals surface area contributed by atoms with Crippen LogP contribution < -0.4 is 0 Å². The molecule has 0 aromatic carbocycles. The molecular formula is C13H24N2O5. The van der Waals surface area contributed by atoms with Crippen LogP contribution in [-0.2, 0) is 9.53 Å². The van der Waals surface area contributed by atoms with Gasteiger partial charge in [-0.2, -0.15) is 0 Å². The lowest BCUT2D eigenvalue weighted by molar-refractivity contribution is -0.137. The van der Waals surface area contributed by atoms with Gasteiger partial charge in [0.25, 0.3) is 0 Å². The molecule has 0 aliphatic heterocycles. The van der Waals surface area contributed by atoms with Gasteiger partial charge in [0.15, 0.2) is 0 Å². The van der Waals surface area contributed by atoms with E-state index in [2.05, 4.69) is 0 Å². The van der Waals surface area contributed by atoms with Gasteiger partial charge in [0.1, 0.15) is 6.54 Å². The largest absolute Gasteiger partial charge is 0.480 e. The van der Waals surface area contributed by atoms with Crippen molar-refractivity contribution in [3.05, 3.63) is 0 Å². The number of hydrogen-bond acceptors (Lipinski definition) is 4. The van der Waals surface area contributed by atoms with Gasteiger partial charge in [0.2, 0.25) is 0 Å². The number of aliphatic hydroxyl groups excluding tert-OH is 1. The van der Waals surface area contributed by atoms with Gasteiger partial charge in [-0.25, -0.2) is 4.79 Å². The number of aliphatic hydroxyl groups is 1. The Labute approximate surface area is 119 Å². The van der Waals surface area contributed by atoms with Crippen LogP contribution in [0.3, 0.4) is 0 Å². The van der Waals surface area contributed by atoms with Crippen molar-refractivity contribution in [3.63, 3.8) is 0 Å². The minimum atomic E-state index is -1.05. The third-order valence-electron chi connectivity index (χ3n) is 3.51. The highest BCUT2D eigenvalue weighted by molar-refractivity contribution is 5.80. The number of ether oxygens (including phenoxy) is 1. The lowest BCUT2D eigenvalue weighted by Crippen LogP contribution is -2.50. The molecule has 1 aliphatic rings. The SMILES string of the molecule is COCCN(CC(=O)O)C(=O)N(CCO)C1CCCC1. The first kappa shape index (κ1) is 16.7. The van der Waals surface area contributed by atoms with E-state index in [-0.39, 0.29) is 44.9 Å². The van der Waals surface area contributed by atoms with Crippen molar-refractivity contribution in [2.75, 3.05) is 40.0 Å². The summed E-state index contributed by atoms with van der Waals surface area (Å²) in [7, 11) is 1.51. The summed E-state index contributed by atoms with van der Waals surface area (Å²) >= 11 is 0. The Kier molecular flexibility index (Phi) is 7.32. The molecule has 0 aromatic heterocycles. The Balaban J connectivity index is 2.72. The molecule has 7 nitrogen and oxygen atoms in total. The molecule has 2 N–H and O–H groups in total. The van der Waals surface area contributed by atoms with Gasteiger partial charge >= 0.3 is 12.0 Å². The van der Waals surface area contributed by atoms with E-state index in [1.807, 2.05) is 0 Å². The highest BCUT2D eigenvalue weighted by atomic mass is 16.5. The molecule has 0 bridgehead atoms. The van der Waals surface area contributed by atoms with Crippen molar-refractivity contribution in [3.8, 4) is 0 Å². The van der Waals surface area contributed by atoms with Gasteiger partial charge in [-0.3, -0.25) is 4.79 Å². The topological polar surface area (TPSA) is 90.3 Å². The van der Waals surface area contributed by atoms with Crippen LogP contribution in [0.15, 0.2) is 0 Å². The zero-order valence-electron chi connectivity index (χ0n) is 12.0. The number of carboxylic acids is 1. The molecule has 7 heteroatoms. The summed E-state index contributed by atoms with van der Waals surface area (Å²) in [4.78, 5) is 26.2. The van der Waals surface area contributed by atoms with Crippen molar-refractivity contribution in [2.45, 2.75) is 31.7 Å². The number of urea groups is 1. The molecule has 0 unspecified atom stereocenters. The first-order chi connectivity index (χ1) is 9.60. The fourth-order valence-electron chi connectivity index (χ4n) is 2.55. The molecule has 0 spiro atoms. The number of aliphatic carboxylic acids is 1. The van der Waals surface area contributed by atoms with Crippen molar-refractivity contribution >= 4 is 12.0 Å². The summed E-state index contributed by atoms with van der Waals surface area (Å²) < 4.78 is 4.91. The normalized spacial score (nSPS) is 15.3. The molecular weight excluding hydrogens is 264 g/mol. The summed E-state index contributed by atoms with van der Waals surface area (Å²) in [5.74, 6) is -1.05. The van der Waals surface area contributed by atoms with E-state index < -0.39 is 5.97 Å². The zero-order valence-corrected chi connectivity index (χ0v) is 12.0. The number of hydrogen-bond donors (Lipinski definition) is 2. The Bertz CT molecular complexity index is 318. The average molecular weight is 288 g/mol. The fraction of sp³-hybridized carbons (Fsp3) is 0.846. The zero-order chi connectivity index (χ0) is 15.0. The van der Waals surface area contributed by atoms with Crippen LogP contribution in [0.1, 0.15) is 25.7 Å². The van der Waals surface area contributed by atoms with Gasteiger partial charge in [-0.15, -0.1) is 0 Å². The molecule has 116 valence electrons. The van der Waals surface area contributed by atoms with Crippen LogP contribution in [-0.4, -0.2) is 78.0 Å². The van der Waals surface area contributed by atoms with E-state index in [4.69, 9.17) is 14.9 Å². The van der Waals surface area contributed by atoms with Crippen molar-refractivity contribution in [1.29, 1.82) is 0 Å². The van der Waals surface area contributed by atoms with Crippen molar-refractivity contribution < 1.29 is 24.5 Å². The van der Waals surface area contributed by atoms with Crippen LogP contribution in [0.2, 0.25) is 0 Å². The molecule has 1 fully saturated rings. The Morgan fingerprint density at radius 3 is 2.40 bits per heavy atom. The second-order valence-electron chi connectivity index (χ2n) is 4.95. The lowest BCUT2D eigenvalue weighted by atomic mass is 10.2. The van der Waals surface area contributed by atoms with Gasteiger partial charge in [0.05, 0.1) is 13.2 Å². The van der Waals surface area contributed by atoms with E-state index in [0.29, 0.717) is 0 Å². The van der Waals surface area contributed by atoms with Crippen LogP contribution >= 0.6 is 0 Å². The van der Waals surface area contributed by atoms with Crippen molar-refractivity contribution in [2.24, 2.45) is 0 Å². The number of carbonyl (C=O) groups excluding carboxylic acids is 1. The maximum Gasteiger partial charge on any atom is 0.323 e. The van der Waals surface area contributed by atoms with Gasteiger partial charge < -0.3 is 24.7 Å². The summed E-state index contributed by atoms with van der Waals surface area (Å²) in [5, 5.41) is 18.0. The summed E-state index contributed by atoms with van der Waals surface area (Å²) in [6.45, 7) is 0.295. The maximum atomic E-state index is 12.5. The molecule has 0 heterocycles. The lowest BCUT2D eigenvalue weighted by Gasteiger charge is -2.33. The highest BCUT2D eigenvalue weighted by Gasteiger charge is 2.30. The molecule has 1 saturated carbocycles. The van der Waals surface area contributed by atoms with Gasteiger partial charge in [0, 0.05) is 26.2 Å². The standard InChI is InChI=1S/C13H24N2O5/c1-20-9-7-14(10-12(17)18)13(19)15(6-8-16)11-4-2-3-5-11/h11,16H,2-10H2,1H3,(H,17,18). The fourth-order valence-corrected chi connectivity index (χ4v) is 2.55. The third kappa shape index (κ3) is 4.97. The third-order valence-corrected chi connectivity index (χ3v) is 3.51. The van der Waals surface area contributed by atoms with E-state index in [1.54, 1.807) is 4.90 Å². The van der Waals surface area contributed by atoms with E-state index >= 15 is 0 Å². The molecule has 0 saturated heterocycles. The van der Waals surface area contributed by atoms with Gasteiger partial charge in [-0.05, 0) is 12.8 Å². The Morgan fingerprint density at radius 1 is 1.25 bits per heavy atom. The van der Waals surface area contributed by atoms with E-state index in [9.17, 15) is 9.59 Å². The van der Waals surface area contributed by atoms with Crippen LogP contribution in [0, 0.1) is 0 Å². The number of methoxy groups -OCH3 is 1. The number of carbonyl (C=O) groups is 2. The van der Waals surface area contributed by atoms with Crippen LogP contribution in [0.4, 0.5) is 4.79 Å². The van der Waals surface area contributed by atoms with Crippen molar-refractivity contribution in [1.82, 2.24) is 9.80 Å². The van der Waals surface area contributed by atoms with Crippen LogP contribution in [0.25, 0.3) is 0 Å². The highest BCUT2D eigenvalue weighted by Crippen LogP contribution is 2.24. The first-order valence-corrected chi connectivity index (χ1v) is 6.97. The number of carboxylic acid groups (broad SMARTS) is 1. The molecule has 2 amide bonds. The maximum absolute atomic E-state index is 12.5. The second kappa shape index (κ2) is 8.76. The Hall–Kier alpha value is -1.34. The quantitative estimate of drug-likeness (QED) is 0.673. The molecule has 0 radical (unpaired) electrons. The van der Waals surface area contributed by atoms with Gasteiger partial charge in [-0.1, -0.05) is 12.8 Å². The average Bonchev–Trinajstić information content (AvgIpc) is 2.93. The summed E-state index contributed by atoms with van der Waals surface area (Å²) in [6.07, 6.45) is 3.96. The predicted octanol–water partition coefficient (Wildman–Crippen LogP) is 0.376. The Morgan fingerprint density at radius 2 is 1.90 bits per heavy atom. The molecule has 1 rings (SSSR count). The monoisotopic (exact) mass is 288 g/mol. The second-order valence-corrected chi connectivity index (χ2v) is 4.95. The predicted molar refractivity (Wildman–Crippen MR) is 72.5 cm³/mol. The molecule has 0 aromatic rings.